The third-order valence-electron chi connectivity index (χ3n) is 4.96. The van der Waals surface area contributed by atoms with Crippen molar-refractivity contribution in [1.29, 1.82) is 0 Å². The second-order valence-electron chi connectivity index (χ2n) is 5.84. The Labute approximate surface area is 101 Å². The Bertz CT molecular complexity index is 417. The molecular formula is C12H18N4O. The molecule has 2 amide bonds. The van der Waals surface area contributed by atoms with Gasteiger partial charge in [0.2, 0.25) is 0 Å². The lowest BCUT2D eigenvalue weighted by Crippen LogP contribution is -2.63. The average Bonchev–Trinajstić information content (AvgIpc) is 2.99. The van der Waals surface area contributed by atoms with E-state index in [-0.39, 0.29) is 11.6 Å². The van der Waals surface area contributed by atoms with Crippen LogP contribution >= 0.6 is 0 Å². The van der Waals surface area contributed by atoms with Gasteiger partial charge in [-0.2, -0.15) is 4.99 Å². The zero-order valence-corrected chi connectivity index (χ0v) is 9.93. The number of nitrogens with zero attached hydrogens (tertiary/aromatic N) is 3. The first-order valence-corrected chi connectivity index (χ1v) is 6.62. The summed E-state index contributed by atoms with van der Waals surface area (Å²) in [4.78, 5) is 20.7. The maximum atomic E-state index is 12.1. The van der Waals surface area contributed by atoms with E-state index in [2.05, 4.69) is 9.89 Å². The Morgan fingerprint density at radius 2 is 2.12 bits per heavy atom. The smallest absolute Gasteiger partial charge is 0.346 e. The van der Waals surface area contributed by atoms with E-state index in [4.69, 9.17) is 5.73 Å². The number of rotatable bonds is 1. The van der Waals surface area contributed by atoms with Crippen molar-refractivity contribution in [3.63, 3.8) is 0 Å². The van der Waals surface area contributed by atoms with Crippen molar-refractivity contribution >= 4 is 11.9 Å². The van der Waals surface area contributed by atoms with Crippen LogP contribution < -0.4 is 5.73 Å². The monoisotopic (exact) mass is 234 g/mol. The molecule has 3 fully saturated rings. The van der Waals surface area contributed by atoms with Crippen molar-refractivity contribution in [2.24, 2.45) is 16.6 Å². The van der Waals surface area contributed by atoms with Crippen LogP contribution in [-0.4, -0.2) is 52.9 Å². The van der Waals surface area contributed by atoms with Gasteiger partial charge in [-0.1, -0.05) is 0 Å². The normalized spacial score (nSPS) is 44.6. The molecule has 0 aromatic carbocycles. The molecule has 4 aliphatic rings. The van der Waals surface area contributed by atoms with E-state index in [1.165, 1.54) is 0 Å². The summed E-state index contributed by atoms with van der Waals surface area (Å²) in [5.74, 6) is 1.10. The maximum absolute atomic E-state index is 12.1. The van der Waals surface area contributed by atoms with Gasteiger partial charge in [0, 0.05) is 25.0 Å². The number of carbonyl (C=O) groups excluding carboxylic acids is 1. The number of carbonyl (C=O) groups is 1. The van der Waals surface area contributed by atoms with E-state index in [9.17, 15) is 4.79 Å². The van der Waals surface area contributed by atoms with Crippen molar-refractivity contribution in [1.82, 2.24) is 9.80 Å². The summed E-state index contributed by atoms with van der Waals surface area (Å²) < 4.78 is 0. The van der Waals surface area contributed by atoms with E-state index in [0.717, 1.165) is 45.3 Å². The molecule has 0 aromatic heterocycles. The van der Waals surface area contributed by atoms with Gasteiger partial charge in [-0.15, -0.1) is 0 Å². The third-order valence-corrected chi connectivity index (χ3v) is 4.96. The molecule has 2 N–H and O–H groups in total. The molecule has 0 radical (unpaired) electrons. The van der Waals surface area contributed by atoms with Gasteiger partial charge < -0.3 is 15.5 Å². The third kappa shape index (κ3) is 1.13. The lowest BCUT2D eigenvalue weighted by atomic mass is 9.77. The molecule has 3 atom stereocenters. The van der Waals surface area contributed by atoms with Crippen LogP contribution in [0, 0.1) is 5.92 Å². The molecule has 3 aliphatic heterocycles. The van der Waals surface area contributed by atoms with E-state index in [0.29, 0.717) is 17.8 Å². The molecule has 2 saturated heterocycles. The summed E-state index contributed by atoms with van der Waals surface area (Å²) in [6.07, 6.45) is 4.40. The Balaban J connectivity index is 1.78. The molecule has 1 spiro atoms. The van der Waals surface area contributed by atoms with Gasteiger partial charge in [-0.25, -0.2) is 4.79 Å². The Kier molecular flexibility index (Phi) is 1.75. The molecule has 3 unspecified atom stereocenters. The Morgan fingerprint density at radius 1 is 1.29 bits per heavy atom. The van der Waals surface area contributed by atoms with Crippen molar-refractivity contribution in [3.8, 4) is 0 Å². The second-order valence-corrected chi connectivity index (χ2v) is 5.84. The highest BCUT2D eigenvalue weighted by Gasteiger charge is 2.60. The summed E-state index contributed by atoms with van der Waals surface area (Å²) >= 11 is 0. The molecule has 3 heterocycles. The SMILES string of the molecule is NC1=NC(=O)N(C2CC2)C12CCN1CCC2C1. The van der Waals surface area contributed by atoms with Gasteiger partial charge in [0.05, 0.1) is 0 Å². The molecule has 2 bridgehead atoms. The molecule has 1 aliphatic carbocycles. The first-order valence-electron chi connectivity index (χ1n) is 6.62. The van der Waals surface area contributed by atoms with E-state index >= 15 is 0 Å². The summed E-state index contributed by atoms with van der Waals surface area (Å²) in [5, 5.41) is 0. The van der Waals surface area contributed by atoms with E-state index < -0.39 is 0 Å². The fourth-order valence-electron chi connectivity index (χ4n) is 3.98. The minimum atomic E-state index is -0.217. The zero-order valence-electron chi connectivity index (χ0n) is 9.93. The fourth-order valence-corrected chi connectivity index (χ4v) is 3.98. The van der Waals surface area contributed by atoms with Crippen LogP contribution in [0.2, 0.25) is 0 Å². The minimum Gasteiger partial charge on any atom is -0.385 e. The van der Waals surface area contributed by atoms with Gasteiger partial charge in [-0.05, 0) is 32.2 Å². The first kappa shape index (κ1) is 9.88. The van der Waals surface area contributed by atoms with Gasteiger partial charge >= 0.3 is 6.03 Å². The number of hydrogen-bond donors (Lipinski definition) is 1. The van der Waals surface area contributed by atoms with Crippen LogP contribution in [0.4, 0.5) is 4.79 Å². The summed E-state index contributed by atoms with van der Waals surface area (Å²) in [6.45, 7) is 3.31. The molecule has 17 heavy (non-hydrogen) atoms. The topological polar surface area (TPSA) is 61.9 Å². The summed E-state index contributed by atoms with van der Waals surface area (Å²) in [6, 6.07) is 0.338. The van der Waals surface area contributed by atoms with Crippen LogP contribution in [0.25, 0.3) is 0 Å². The number of aliphatic imine (C=N–C) groups is 1. The maximum Gasteiger partial charge on any atom is 0.346 e. The number of fused-ring (bicyclic) bond motifs is 3. The highest BCUT2D eigenvalue weighted by molar-refractivity contribution is 6.06. The number of nitrogens with two attached hydrogens (primary N) is 1. The van der Waals surface area contributed by atoms with Crippen LogP contribution in [0.15, 0.2) is 4.99 Å². The quantitative estimate of drug-likeness (QED) is 0.714. The van der Waals surface area contributed by atoms with Crippen molar-refractivity contribution in [3.05, 3.63) is 0 Å². The van der Waals surface area contributed by atoms with Crippen LogP contribution in [-0.2, 0) is 0 Å². The predicted octanol–water partition coefficient (Wildman–Crippen LogP) is 0.406. The lowest BCUT2D eigenvalue weighted by Gasteiger charge is -2.45. The summed E-state index contributed by atoms with van der Waals surface area (Å²) in [5.41, 5.74) is 5.93. The molecule has 5 nitrogen and oxygen atoms in total. The van der Waals surface area contributed by atoms with Crippen LogP contribution in [0.1, 0.15) is 25.7 Å². The molecule has 92 valence electrons. The van der Waals surface area contributed by atoms with Crippen LogP contribution in [0.3, 0.4) is 0 Å². The highest BCUT2D eigenvalue weighted by Crippen LogP contribution is 2.47. The average molecular weight is 234 g/mol. The Hall–Kier alpha value is -1.10. The van der Waals surface area contributed by atoms with E-state index in [1.807, 2.05) is 4.90 Å². The summed E-state index contributed by atoms with van der Waals surface area (Å²) in [7, 11) is 0. The number of amidine groups is 1. The highest BCUT2D eigenvalue weighted by atomic mass is 16.2. The van der Waals surface area contributed by atoms with E-state index in [1.54, 1.807) is 0 Å². The molecule has 1 saturated carbocycles. The van der Waals surface area contributed by atoms with Crippen molar-refractivity contribution < 1.29 is 4.79 Å². The standard InChI is InChI=1S/C12H18N4O/c13-10-12(4-6-15-5-3-8(12)7-15)16(9-1-2-9)11(17)14-10/h8-9H,1-7H2,(H2,13,14,17). The molecule has 5 heteroatoms. The fraction of sp³-hybridized carbons (Fsp3) is 0.833. The van der Waals surface area contributed by atoms with Gasteiger partial charge in [-0.3, -0.25) is 0 Å². The largest absolute Gasteiger partial charge is 0.385 e. The number of hydrogen-bond acceptors (Lipinski definition) is 3. The first-order chi connectivity index (χ1) is 8.22. The van der Waals surface area contributed by atoms with Gasteiger partial charge in [0.25, 0.3) is 0 Å². The van der Waals surface area contributed by atoms with Crippen molar-refractivity contribution in [2.75, 3.05) is 19.6 Å². The van der Waals surface area contributed by atoms with Crippen LogP contribution in [0.5, 0.6) is 0 Å². The van der Waals surface area contributed by atoms with Crippen molar-refractivity contribution in [2.45, 2.75) is 37.3 Å². The molecule has 4 rings (SSSR count). The number of amides is 2. The molecular weight excluding hydrogens is 216 g/mol. The Morgan fingerprint density at radius 3 is 2.88 bits per heavy atom. The zero-order chi connectivity index (χ0) is 11.6. The number of piperidine rings is 1. The predicted molar refractivity (Wildman–Crippen MR) is 63.8 cm³/mol. The lowest BCUT2D eigenvalue weighted by molar-refractivity contribution is 0.0860. The van der Waals surface area contributed by atoms with Gasteiger partial charge in [0.15, 0.2) is 0 Å². The second kappa shape index (κ2) is 3.02. The number of urea groups is 1. The minimum absolute atomic E-state index is 0.0784. The van der Waals surface area contributed by atoms with Gasteiger partial charge in [0.1, 0.15) is 11.4 Å². The molecule has 0 aromatic rings.